The Hall–Kier alpha value is -1.73. The zero-order valence-corrected chi connectivity index (χ0v) is 11.3. The van der Waals surface area contributed by atoms with Gasteiger partial charge in [-0.05, 0) is 31.0 Å². The van der Waals surface area contributed by atoms with Gasteiger partial charge in [0, 0.05) is 16.9 Å². The summed E-state index contributed by atoms with van der Waals surface area (Å²) in [4.78, 5) is 9.30. The van der Waals surface area contributed by atoms with Gasteiger partial charge in [0.1, 0.15) is 16.7 Å². The van der Waals surface area contributed by atoms with Gasteiger partial charge in [-0.3, -0.25) is 0 Å². The zero-order valence-electron chi connectivity index (χ0n) is 10.4. The van der Waals surface area contributed by atoms with E-state index in [1.165, 1.54) is 17.8 Å². The first-order valence-electron chi connectivity index (χ1n) is 6.14. The molecule has 1 aromatic carbocycles. The maximum Gasteiger partial charge on any atom is 0.159 e. The Morgan fingerprint density at radius 2 is 1.95 bits per heavy atom. The fourth-order valence-electron chi connectivity index (χ4n) is 1.75. The molecule has 2 aromatic rings. The Balaban J connectivity index is 1.88. The fraction of sp³-hybridized carbons (Fsp3) is 0.231. The summed E-state index contributed by atoms with van der Waals surface area (Å²) in [5.74, 6) is 5.30. The summed E-state index contributed by atoms with van der Waals surface area (Å²) in [6.07, 6.45) is 2.15. The molecule has 4 nitrogen and oxygen atoms in total. The summed E-state index contributed by atoms with van der Waals surface area (Å²) in [7, 11) is 0. The van der Waals surface area contributed by atoms with E-state index in [1.54, 1.807) is 6.07 Å². The maximum atomic E-state index is 13.2. The van der Waals surface area contributed by atoms with Crippen molar-refractivity contribution in [1.82, 2.24) is 9.97 Å². The number of nitrogens with one attached hydrogen (secondary N) is 1. The first-order chi connectivity index (χ1) is 9.65. The van der Waals surface area contributed by atoms with Crippen LogP contribution in [0.15, 0.2) is 34.2 Å². The molecule has 1 aliphatic rings. The summed E-state index contributed by atoms with van der Waals surface area (Å²) >= 11 is 1.25. The highest BCUT2D eigenvalue weighted by Gasteiger charge is 2.27. The first kappa shape index (κ1) is 13.3. The molecular formula is C13H12F2N4S. The molecule has 104 valence electrons. The summed E-state index contributed by atoms with van der Waals surface area (Å²) in [5, 5.41) is 0.654. The van der Waals surface area contributed by atoms with Crippen LogP contribution in [-0.2, 0) is 0 Å². The standard InChI is InChI=1S/C13H12F2N4S/c14-9-4-3-8(5-10(9)15)20-12-6-11(19-16)17-13(18-12)7-1-2-7/h3-7H,1-2,16H2,(H,17,18,19). The van der Waals surface area contributed by atoms with Crippen molar-refractivity contribution in [3.05, 3.63) is 41.7 Å². The number of anilines is 1. The van der Waals surface area contributed by atoms with E-state index in [4.69, 9.17) is 5.84 Å². The third-order valence-electron chi connectivity index (χ3n) is 2.92. The highest BCUT2D eigenvalue weighted by Crippen LogP contribution is 2.39. The third-order valence-corrected chi connectivity index (χ3v) is 3.83. The van der Waals surface area contributed by atoms with E-state index in [0.717, 1.165) is 30.8 Å². The molecule has 7 heteroatoms. The van der Waals surface area contributed by atoms with E-state index >= 15 is 0 Å². The number of benzene rings is 1. The van der Waals surface area contributed by atoms with Crippen molar-refractivity contribution in [3.8, 4) is 0 Å². The molecule has 0 bridgehead atoms. The molecule has 3 N–H and O–H groups in total. The van der Waals surface area contributed by atoms with Crippen molar-refractivity contribution in [2.24, 2.45) is 5.84 Å². The second-order valence-corrected chi connectivity index (χ2v) is 5.64. The van der Waals surface area contributed by atoms with Gasteiger partial charge in [0.2, 0.25) is 0 Å². The minimum atomic E-state index is -0.872. The minimum absolute atomic E-state index is 0.382. The Morgan fingerprint density at radius 3 is 2.60 bits per heavy atom. The Kier molecular flexibility index (Phi) is 3.54. The Labute approximate surface area is 118 Å². The number of rotatable bonds is 4. The molecule has 1 aromatic heterocycles. The normalized spacial score (nSPS) is 14.3. The van der Waals surface area contributed by atoms with Gasteiger partial charge >= 0.3 is 0 Å². The summed E-state index contributed by atoms with van der Waals surface area (Å²) in [6.45, 7) is 0. The predicted octanol–water partition coefficient (Wildman–Crippen LogP) is 3.07. The highest BCUT2D eigenvalue weighted by molar-refractivity contribution is 7.99. The fourth-order valence-corrected chi connectivity index (χ4v) is 2.60. The van der Waals surface area contributed by atoms with Crippen LogP contribution in [0.2, 0.25) is 0 Å². The summed E-state index contributed by atoms with van der Waals surface area (Å²) < 4.78 is 26.1. The van der Waals surface area contributed by atoms with Gasteiger partial charge in [0.15, 0.2) is 11.6 Å². The second-order valence-electron chi connectivity index (χ2n) is 4.55. The van der Waals surface area contributed by atoms with Crippen LogP contribution in [0.5, 0.6) is 0 Å². The highest BCUT2D eigenvalue weighted by atomic mass is 32.2. The number of halogens is 2. The van der Waals surface area contributed by atoms with Crippen LogP contribution in [0.25, 0.3) is 0 Å². The number of nitrogens with two attached hydrogens (primary N) is 1. The van der Waals surface area contributed by atoms with Crippen LogP contribution in [0.3, 0.4) is 0 Å². The lowest BCUT2D eigenvalue weighted by molar-refractivity contribution is 0.506. The van der Waals surface area contributed by atoms with Crippen LogP contribution in [-0.4, -0.2) is 9.97 Å². The number of nitrogens with zero attached hydrogens (tertiary/aromatic N) is 2. The van der Waals surface area contributed by atoms with Crippen molar-refractivity contribution >= 4 is 17.6 Å². The maximum absolute atomic E-state index is 13.2. The predicted molar refractivity (Wildman–Crippen MR) is 72.3 cm³/mol. The van der Waals surface area contributed by atoms with Crippen LogP contribution in [0.1, 0.15) is 24.6 Å². The van der Waals surface area contributed by atoms with Crippen molar-refractivity contribution in [1.29, 1.82) is 0 Å². The van der Waals surface area contributed by atoms with Crippen molar-refractivity contribution in [2.45, 2.75) is 28.7 Å². The first-order valence-corrected chi connectivity index (χ1v) is 6.96. The molecule has 0 aliphatic heterocycles. The molecule has 3 rings (SSSR count). The molecule has 1 heterocycles. The van der Waals surface area contributed by atoms with E-state index in [0.29, 0.717) is 21.7 Å². The molecule has 0 saturated heterocycles. The smallest absolute Gasteiger partial charge is 0.159 e. The molecule has 1 aliphatic carbocycles. The van der Waals surface area contributed by atoms with Crippen molar-refractivity contribution in [3.63, 3.8) is 0 Å². The number of hydrogen-bond donors (Lipinski definition) is 2. The average Bonchev–Trinajstić information content (AvgIpc) is 3.27. The quantitative estimate of drug-likeness (QED) is 0.515. The van der Waals surface area contributed by atoms with Gasteiger partial charge in [-0.25, -0.2) is 24.6 Å². The van der Waals surface area contributed by atoms with E-state index in [1.807, 2.05) is 0 Å². The van der Waals surface area contributed by atoms with Gasteiger partial charge in [0.25, 0.3) is 0 Å². The molecule has 0 atom stereocenters. The number of aromatic nitrogens is 2. The summed E-state index contributed by atoms with van der Waals surface area (Å²) in [5.41, 5.74) is 2.50. The monoisotopic (exact) mass is 294 g/mol. The zero-order chi connectivity index (χ0) is 14.1. The van der Waals surface area contributed by atoms with Gasteiger partial charge in [-0.2, -0.15) is 0 Å². The topological polar surface area (TPSA) is 63.8 Å². The van der Waals surface area contributed by atoms with Crippen molar-refractivity contribution in [2.75, 3.05) is 5.43 Å². The summed E-state index contributed by atoms with van der Waals surface area (Å²) in [6, 6.07) is 5.44. The SMILES string of the molecule is NNc1cc(Sc2ccc(F)c(F)c2)nc(C2CC2)n1. The largest absolute Gasteiger partial charge is 0.308 e. The number of hydrazine groups is 1. The molecule has 0 spiro atoms. The number of hydrogen-bond acceptors (Lipinski definition) is 5. The van der Waals surface area contributed by atoms with Crippen LogP contribution in [0.4, 0.5) is 14.6 Å². The molecule has 0 amide bonds. The minimum Gasteiger partial charge on any atom is -0.308 e. The molecule has 0 radical (unpaired) electrons. The molecule has 20 heavy (non-hydrogen) atoms. The molecular weight excluding hydrogens is 282 g/mol. The average molecular weight is 294 g/mol. The molecule has 1 saturated carbocycles. The van der Waals surface area contributed by atoms with E-state index in [-0.39, 0.29) is 0 Å². The van der Waals surface area contributed by atoms with Gasteiger partial charge in [0.05, 0.1) is 0 Å². The molecule has 1 fully saturated rings. The lowest BCUT2D eigenvalue weighted by atomic mass is 10.3. The lowest BCUT2D eigenvalue weighted by Gasteiger charge is -2.07. The van der Waals surface area contributed by atoms with Crippen LogP contribution >= 0.6 is 11.8 Å². The Bertz CT molecular complexity index is 646. The Morgan fingerprint density at radius 1 is 1.15 bits per heavy atom. The van der Waals surface area contributed by atoms with Crippen LogP contribution in [0, 0.1) is 11.6 Å². The lowest BCUT2D eigenvalue weighted by Crippen LogP contribution is -2.10. The van der Waals surface area contributed by atoms with Crippen LogP contribution < -0.4 is 11.3 Å². The van der Waals surface area contributed by atoms with E-state index in [2.05, 4.69) is 15.4 Å². The van der Waals surface area contributed by atoms with Crippen molar-refractivity contribution < 1.29 is 8.78 Å². The number of nitrogen functional groups attached to an aromatic ring is 1. The third kappa shape index (κ3) is 2.88. The molecule has 0 unspecified atom stereocenters. The second kappa shape index (κ2) is 5.34. The van der Waals surface area contributed by atoms with E-state index in [9.17, 15) is 8.78 Å². The van der Waals surface area contributed by atoms with Gasteiger partial charge in [-0.15, -0.1) is 0 Å². The van der Waals surface area contributed by atoms with Gasteiger partial charge < -0.3 is 5.43 Å². The van der Waals surface area contributed by atoms with Gasteiger partial charge in [-0.1, -0.05) is 11.8 Å². The van der Waals surface area contributed by atoms with E-state index < -0.39 is 11.6 Å².